The van der Waals surface area contributed by atoms with Crippen LogP contribution in [0.4, 0.5) is 4.79 Å². The van der Waals surface area contributed by atoms with Gasteiger partial charge in [-0.3, -0.25) is 4.79 Å². The number of halogens is 1. The highest BCUT2D eigenvalue weighted by atomic mass is 35.5. The van der Waals surface area contributed by atoms with Crippen molar-refractivity contribution in [1.29, 1.82) is 0 Å². The van der Waals surface area contributed by atoms with Crippen LogP contribution in [0.25, 0.3) is 28.0 Å². The molecule has 0 saturated carbocycles. The van der Waals surface area contributed by atoms with Crippen LogP contribution < -0.4 is 10.9 Å². The second kappa shape index (κ2) is 5.75. The summed E-state index contributed by atoms with van der Waals surface area (Å²) < 4.78 is 2.52. The molecular weight excluding hydrogens is 344 g/mol. The molecule has 1 aromatic heterocycles. The number of pyridine rings is 1. The maximum Gasteiger partial charge on any atom is 0.344 e. The van der Waals surface area contributed by atoms with Crippen molar-refractivity contribution in [2.75, 3.05) is 6.54 Å². The maximum absolute atomic E-state index is 12.6. The van der Waals surface area contributed by atoms with E-state index >= 15 is 0 Å². The van der Waals surface area contributed by atoms with Gasteiger partial charge < -0.3 is 10.3 Å². The summed E-state index contributed by atoms with van der Waals surface area (Å²) in [6.45, 7) is 2.31. The van der Waals surface area contributed by atoms with Crippen LogP contribution in [0.3, 0.4) is 0 Å². The van der Waals surface area contributed by atoms with Crippen LogP contribution in [0.5, 0.6) is 0 Å². The van der Waals surface area contributed by atoms with Gasteiger partial charge in [-0.15, -0.1) is 0 Å². The second-order valence-corrected chi connectivity index (χ2v) is 5.83. The van der Waals surface area contributed by atoms with Gasteiger partial charge in [0.25, 0.3) is 5.56 Å². The van der Waals surface area contributed by atoms with E-state index < -0.39 is 0 Å². The summed E-state index contributed by atoms with van der Waals surface area (Å²) in [5.74, 6) is 0. The molecule has 126 valence electrons. The first-order chi connectivity index (χ1) is 12.1. The lowest BCUT2D eigenvalue weighted by Gasteiger charge is -2.03. The number of H-pyrrole nitrogens is 1. The Hall–Kier alpha value is -3.13. The van der Waals surface area contributed by atoms with Crippen molar-refractivity contribution in [2.24, 2.45) is 0 Å². The molecule has 2 N–H and O–H groups in total. The Balaban J connectivity index is 1.92. The van der Waals surface area contributed by atoms with Gasteiger partial charge in [0.05, 0.1) is 22.8 Å². The standard InChI is InChI=1S/C16H13ClN6O2/c1-2-18-16(25)23-14-11(8-20-23)13-12(7-19-14)15(24)22(21-13)10-5-3-9(17)4-6-10/h3-8,19H,2H2,1H3,(H,18,25). The number of nitrogens with zero attached hydrogens (tertiary/aromatic N) is 4. The smallest absolute Gasteiger partial charge is 0.344 e. The first-order valence-corrected chi connectivity index (χ1v) is 8.00. The minimum atomic E-state index is -0.354. The number of hydrogen-bond acceptors (Lipinski definition) is 4. The number of aromatic nitrogens is 5. The highest BCUT2D eigenvalue weighted by molar-refractivity contribution is 6.30. The topological polar surface area (TPSA) is 97.6 Å². The summed E-state index contributed by atoms with van der Waals surface area (Å²) >= 11 is 5.89. The Morgan fingerprint density at radius 1 is 1.32 bits per heavy atom. The van der Waals surface area contributed by atoms with Crippen LogP contribution in [0.2, 0.25) is 5.02 Å². The largest absolute Gasteiger partial charge is 0.345 e. The van der Waals surface area contributed by atoms with E-state index in [9.17, 15) is 9.59 Å². The van der Waals surface area contributed by atoms with Crippen molar-refractivity contribution < 1.29 is 4.79 Å². The van der Waals surface area contributed by atoms with Gasteiger partial charge in [-0.2, -0.15) is 19.6 Å². The van der Waals surface area contributed by atoms with Crippen LogP contribution in [0.1, 0.15) is 6.92 Å². The van der Waals surface area contributed by atoms with Crippen molar-refractivity contribution in [1.82, 2.24) is 29.9 Å². The van der Waals surface area contributed by atoms with Crippen molar-refractivity contribution >= 4 is 28.7 Å². The molecule has 8 nitrogen and oxygen atoms in total. The quantitative estimate of drug-likeness (QED) is 0.575. The van der Waals surface area contributed by atoms with Crippen LogP contribution in [-0.4, -0.2) is 37.1 Å². The number of aromatic amines is 1. The van der Waals surface area contributed by atoms with Gasteiger partial charge in [0.15, 0.2) is 0 Å². The van der Waals surface area contributed by atoms with Crippen LogP contribution >= 0.6 is 11.6 Å². The van der Waals surface area contributed by atoms with Gasteiger partial charge in [-0.05, 0) is 31.2 Å². The molecule has 0 aliphatic carbocycles. The van der Waals surface area contributed by atoms with E-state index in [1.54, 1.807) is 24.3 Å². The molecule has 4 rings (SSSR count). The summed E-state index contributed by atoms with van der Waals surface area (Å²) in [5, 5.41) is 12.4. The molecule has 0 bridgehead atoms. The molecule has 2 aliphatic heterocycles. The molecule has 0 fully saturated rings. The fraction of sp³-hybridized carbons (Fsp3) is 0.125. The molecule has 0 atom stereocenters. The molecule has 25 heavy (non-hydrogen) atoms. The third-order valence-corrected chi connectivity index (χ3v) is 4.10. The van der Waals surface area contributed by atoms with Gasteiger partial charge in [0.1, 0.15) is 11.3 Å². The Kier molecular flexibility index (Phi) is 3.54. The van der Waals surface area contributed by atoms with Crippen molar-refractivity contribution in [3.63, 3.8) is 0 Å². The average Bonchev–Trinajstić information content (AvgIpc) is 3.17. The van der Waals surface area contributed by atoms with E-state index in [-0.39, 0.29) is 11.6 Å². The Morgan fingerprint density at radius 3 is 2.80 bits per heavy atom. The average molecular weight is 357 g/mol. The Bertz CT molecular complexity index is 1110. The first kappa shape index (κ1) is 15.4. The van der Waals surface area contributed by atoms with E-state index in [0.717, 1.165) is 0 Å². The summed E-state index contributed by atoms with van der Waals surface area (Å²) in [6.07, 6.45) is 3.05. The molecule has 0 unspecified atom stereocenters. The van der Waals surface area contributed by atoms with Gasteiger partial charge in [0.2, 0.25) is 0 Å². The van der Waals surface area contributed by atoms with Crippen LogP contribution in [0, 0.1) is 0 Å². The zero-order valence-corrected chi connectivity index (χ0v) is 13.9. The molecule has 3 heterocycles. The number of nitrogens with one attached hydrogen (secondary N) is 2. The molecular formula is C16H13ClN6O2. The minimum Gasteiger partial charge on any atom is -0.345 e. The molecule has 2 aromatic rings. The van der Waals surface area contributed by atoms with Crippen LogP contribution in [0.15, 0.2) is 41.5 Å². The number of carbonyl (C=O) groups is 1. The first-order valence-electron chi connectivity index (χ1n) is 7.62. The lowest BCUT2D eigenvalue weighted by Crippen LogP contribution is -2.29. The molecule has 9 heteroatoms. The SMILES string of the molecule is CCNC(=O)n1ncc2c3nn(-c4ccc(Cl)cc4)c(=O)c-3c[nH]c21. The van der Waals surface area contributed by atoms with Gasteiger partial charge in [-0.25, -0.2) is 4.79 Å². The molecule has 0 radical (unpaired) electrons. The zero-order chi connectivity index (χ0) is 17.6. The van der Waals surface area contributed by atoms with Gasteiger partial charge in [0, 0.05) is 17.8 Å². The fourth-order valence-electron chi connectivity index (χ4n) is 2.68. The summed E-state index contributed by atoms with van der Waals surface area (Å²) in [4.78, 5) is 27.7. The summed E-state index contributed by atoms with van der Waals surface area (Å²) in [5.41, 5.74) is 1.71. The number of amides is 1. The molecule has 1 amide bonds. The maximum atomic E-state index is 12.6. The van der Waals surface area contributed by atoms with Crippen molar-refractivity contribution in [3.05, 3.63) is 52.0 Å². The minimum absolute atomic E-state index is 0.263. The third kappa shape index (κ3) is 2.38. The number of hydrogen-bond donors (Lipinski definition) is 2. The molecule has 2 aliphatic rings. The molecule has 0 saturated heterocycles. The van der Waals surface area contributed by atoms with Gasteiger partial charge in [-0.1, -0.05) is 11.6 Å². The monoisotopic (exact) mass is 356 g/mol. The normalized spacial score (nSPS) is 11.3. The number of benzene rings is 1. The fourth-order valence-corrected chi connectivity index (χ4v) is 2.81. The number of fused-ring (bicyclic) bond motifs is 3. The van der Waals surface area contributed by atoms with Gasteiger partial charge >= 0.3 is 6.03 Å². The highest BCUT2D eigenvalue weighted by Gasteiger charge is 2.22. The lowest BCUT2D eigenvalue weighted by atomic mass is 10.2. The third-order valence-electron chi connectivity index (χ3n) is 3.85. The van der Waals surface area contributed by atoms with Crippen LogP contribution in [-0.2, 0) is 0 Å². The van der Waals surface area contributed by atoms with E-state index in [2.05, 4.69) is 20.5 Å². The lowest BCUT2D eigenvalue weighted by molar-refractivity contribution is 0.241. The van der Waals surface area contributed by atoms with Crippen molar-refractivity contribution in [3.8, 4) is 16.9 Å². The number of carbonyl (C=O) groups excluding carboxylic acids is 1. The Morgan fingerprint density at radius 2 is 2.08 bits per heavy atom. The second-order valence-electron chi connectivity index (χ2n) is 5.40. The zero-order valence-electron chi connectivity index (χ0n) is 13.2. The van der Waals surface area contributed by atoms with Crippen molar-refractivity contribution in [2.45, 2.75) is 6.92 Å². The van der Waals surface area contributed by atoms with E-state index in [0.29, 0.717) is 39.5 Å². The van der Waals surface area contributed by atoms with E-state index in [4.69, 9.17) is 11.6 Å². The number of rotatable bonds is 2. The predicted octanol–water partition coefficient (Wildman–Crippen LogP) is 2.25. The van der Waals surface area contributed by atoms with E-state index in [1.165, 1.54) is 21.8 Å². The predicted molar refractivity (Wildman–Crippen MR) is 93.6 cm³/mol. The summed E-state index contributed by atoms with van der Waals surface area (Å²) in [7, 11) is 0. The highest BCUT2D eigenvalue weighted by Crippen LogP contribution is 2.25. The van der Waals surface area contributed by atoms with E-state index in [1.807, 2.05) is 6.92 Å². The Labute approximate surface area is 146 Å². The molecule has 1 aromatic carbocycles. The summed E-state index contributed by atoms with van der Waals surface area (Å²) in [6, 6.07) is 6.46. The molecule has 0 spiro atoms.